The second-order valence-corrected chi connectivity index (χ2v) is 4.01. The summed E-state index contributed by atoms with van der Waals surface area (Å²) in [5, 5.41) is 9.06. The van der Waals surface area contributed by atoms with Gasteiger partial charge in [0.15, 0.2) is 6.17 Å². The van der Waals surface area contributed by atoms with Gasteiger partial charge in [0.05, 0.1) is 0 Å². The molecule has 1 aromatic carbocycles. The summed E-state index contributed by atoms with van der Waals surface area (Å²) in [7, 11) is 0. The fraction of sp³-hybridized carbons (Fsp3) is 0.385. The molecule has 0 heterocycles. The monoisotopic (exact) mass is 246 g/mol. The molecule has 1 unspecified atom stereocenters. The van der Waals surface area contributed by atoms with Crippen LogP contribution in [0.4, 0.5) is 0 Å². The summed E-state index contributed by atoms with van der Waals surface area (Å²) in [5.41, 5.74) is 1.55. The summed E-state index contributed by atoms with van der Waals surface area (Å²) in [6, 6.07) is 7.21. The zero-order valence-electron chi connectivity index (χ0n) is 10.0. The first-order chi connectivity index (χ1) is 8.72. The van der Waals surface area contributed by atoms with Crippen LogP contribution in [-0.2, 0) is 16.0 Å². The first kappa shape index (κ1) is 14.0. The topological polar surface area (TPSA) is 79.1 Å². The van der Waals surface area contributed by atoms with E-state index in [1.165, 1.54) is 12.2 Å². The molecular formula is C13H14N2O3. The lowest BCUT2D eigenvalue weighted by Gasteiger charge is -2.14. The van der Waals surface area contributed by atoms with E-state index in [1.807, 2.05) is 19.1 Å². The molecule has 5 nitrogen and oxygen atoms in total. The maximum absolute atomic E-state index is 10.3. The van der Waals surface area contributed by atoms with Crippen molar-refractivity contribution in [1.29, 1.82) is 0 Å². The molecule has 1 rings (SSSR count). The molecule has 0 fully saturated rings. The van der Waals surface area contributed by atoms with Gasteiger partial charge in [-0.2, -0.15) is 9.98 Å². The molecule has 1 atom stereocenters. The molecule has 0 amide bonds. The molecule has 0 aliphatic rings. The quantitative estimate of drug-likeness (QED) is 0.610. The number of isocyanates is 2. The Morgan fingerprint density at radius 3 is 2.39 bits per heavy atom. The number of hydrogen-bond donors (Lipinski definition) is 1. The first-order valence-corrected chi connectivity index (χ1v) is 5.55. The van der Waals surface area contributed by atoms with E-state index in [1.54, 1.807) is 12.1 Å². The van der Waals surface area contributed by atoms with Gasteiger partial charge in [-0.15, -0.1) is 0 Å². The maximum atomic E-state index is 10.3. The van der Waals surface area contributed by atoms with Crippen LogP contribution in [0.1, 0.15) is 24.2 Å². The predicted molar refractivity (Wildman–Crippen MR) is 65.4 cm³/mol. The Morgan fingerprint density at radius 2 is 1.83 bits per heavy atom. The van der Waals surface area contributed by atoms with E-state index in [4.69, 9.17) is 5.11 Å². The number of benzene rings is 1. The Hall–Kier alpha value is -2.06. The minimum absolute atomic E-state index is 0.0624. The molecule has 0 bridgehead atoms. The molecule has 94 valence electrons. The molecular weight excluding hydrogens is 232 g/mol. The van der Waals surface area contributed by atoms with E-state index in [0.29, 0.717) is 12.0 Å². The largest absolute Gasteiger partial charge is 0.396 e. The fourth-order valence-electron chi connectivity index (χ4n) is 1.68. The molecule has 0 spiro atoms. The normalized spacial score (nSPS) is 13.0. The van der Waals surface area contributed by atoms with Gasteiger partial charge in [-0.25, -0.2) is 9.59 Å². The summed E-state index contributed by atoms with van der Waals surface area (Å²) in [5.74, 6) is 0.0761. The van der Waals surface area contributed by atoms with Crippen LogP contribution in [-0.4, -0.2) is 23.9 Å². The smallest absolute Gasteiger partial charge is 0.237 e. The van der Waals surface area contributed by atoms with Gasteiger partial charge in [-0.05, 0) is 17.9 Å². The molecule has 0 aliphatic carbocycles. The molecule has 18 heavy (non-hydrogen) atoms. The number of nitrogens with zero attached hydrogens (tertiary/aromatic N) is 2. The summed E-state index contributed by atoms with van der Waals surface area (Å²) in [4.78, 5) is 27.6. The number of aliphatic hydroxyl groups is 1. The van der Waals surface area contributed by atoms with Crippen LogP contribution < -0.4 is 0 Å². The summed E-state index contributed by atoms with van der Waals surface area (Å²) in [6.07, 6.45) is 2.51. The highest BCUT2D eigenvalue weighted by atomic mass is 16.3. The minimum Gasteiger partial charge on any atom is -0.396 e. The van der Waals surface area contributed by atoms with Crippen molar-refractivity contribution in [2.75, 3.05) is 6.61 Å². The highest BCUT2D eigenvalue weighted by molar-refractivity contribution is 5.41. The average Bonchev–Trinajstić information content (AvgIpc) is 2.39. The molecule has 0 saturated carbocycles. The van der Waals surface area contributed by atoms with Gasteiger partial charge < -0.3 is 5.11 Å². The third-order valence-corrected chi connectivity index (χ3v) is 2.56. The Balaban J connectivity index is 3.13. The third-order valence-electron chi connectivity index (χ3n) is 2.56. The lowest BCUT2D eigenvalue weighted by atomic mass is 9.96. The van der Waals surface area contributed by atoms with E-state index < -0.39 is 6.17 Å². The van der Waals surface area contributed by atoms with Crippen molar-refractivity contribution in [2.24, 2.45) is 15.9 Å². The lowest BCUT2D eigenvalue weighted by molar-refractivity contribution is 0.237. The summed E-state index contributed by atoms with van der Waals surface area (Å²) < 4.78 is 0. The zero-order chi connectivity index (χ0) is 13.4. The van der Waals surface area contributed by atoms with Crippen molar-refractivity contribution in [3.63, 3.8) is 0 Å². The second kappa shape index (κ2) is 7.30. The number of aliphatic imine (C=N–C) groups is 2. The zero-order valence-corrected chi connectivity index (χ0v) is 10.0. The van der Waals surface area contributed by atoms with Crippen LogP contribution in [0.15, 0.2) is 34.3 Å². The summed E-state index contributed by atoms with van der Waals surface area (Å²) >= 11 is 0. The maximum Gasteiger partial charge on any atom is 0.237 e. The predicted octanol–water partition coefficient (Wildman–Crippen LogP) is 1.53. The van der Waals surface area contributed by atoms with Gasteiger partial charge in [-0.3, -0.25) is 0 Å². The standard InChI is InChI=1S/C13H14N2O3/c1-10(7-16)6-11-4-2-3-5-12(11)13(14-8-17)15-9-18/h2-5,10,13,16H,6-7H2,1H3. The fourth-order valence-corrected chi connectivity index (χ4v) is 1.68. The van der Waals surface area contributed by atoms with Gasteiger partial charge in [0.25, 0.3) is 0 Å². The van der Waals surface area contributed by atoms with Gasteiger partial charge in [0.2, 0.25) is 12.2 Å². The molecule has 5 heteroatoms. The summed E-state index contributed by atoms with van der Waals surface area (Å²) in [6.45, 7) is 1.96. The highest BCUT2D eigenvalue weighted by Crippen LogP contribution is 2.24. The van der Waals surface area contributed by atoms with E-state index in [-0.39, 0.29) is 12.5 Å². The molecule has 0 aromatic heterocycles. The van der Waals surface area contributed by atoms with Crippen molar-refractivity contribution in [3.05, 3.63) is 35.4 Å². The van der Waals surface area contributed by atoms with E-state index in [0.717, 1.165) is 5.56 Å². The number of carbonyl (C=O) groups excluding carboxylic acids is 2. The van der Waals surface area contributed by atoms with Crippen LogP contribution >= 0.6 is 0 Å². The van der Waals surface area contributed by atoms with Crippen LogP contribution in [0.5, 0.6) is 0 Å². The lowest BCUT2D eigenvalue weighted by Crippen LogP contribution is -2.08. The molecule has 1 N–H and O–H groups in total. The van der Waals surface area contributed by atoms with Crippen molar-refractivity contribution >= 4 is 12.2 Å². The number of hydrogen-bond acceptors (Lipinski definition) is 5. The van der Waals surface area contributed by atoms with Crippen LogP contribution in [0, 0.1) is 5.92 Å². The van der Waals surface area contributed by atoms with Crippen LogP contribution in [0.3, 0.4) is 0 Å². The van der Waals surface area contributed by atoms with Gasteiger partial charge in [-0.1, -0.05) is 31.2 Å². The highest BCUT2D eigenvalue weighted by Gasteiger charge is 2.14. The van der Waals surface area contributed by atoms with Gasteiger partial charge in [0.1, 0.15) is 0 Å². The Morgan fingerprint density at radius 1 is 1.22 bits per heavy atom. The molecule has 0 aliphatic heterocycles. The average molecular weight is 246 g/mol. The van der Waals surface area contributed by atoms with Crippen molar-refractivity contribution in [2.45, 2.75) is 19.5 Å². The van der Waals surface area contributed by atoms with Gasteiger partial charge >= 0.3 is 0 Å². The van der Waals surface area contributed by atoms with Crippen LogP contribution in [0.2, 0.25) is 0 Å². The van der Waals surface area contributed by atoms with Gasteiger partial charge in [0, 0.05) is 12.2 Å². The van der Waals surface area contributed by atoms with E-state index in [2.05, 4.69) is 9.98 Å². The SMILES string of the molecule is CC(CO)Cc1ccccc1C(N=C=O)N=C=O. The Bertz CT molecular complexity index is 471. The Kier molecular flexibility index (Phi) is 5.68. The van der Waals surface area contributed by atoms with E-state index >= 15 is 0 Å². The molecule has 0 saturated heterocycles. The Labute approximate surface area is 105 Å². The molecule has 0 radical (unpaired) electrons. The first-order valence-electron chi connectivity index (χ1n) is 5.55. The van der Waals surface area contributed by atoms with E-state index in [9.17, 15) is 9.59 Å². The minimum atomic E-state index is -0.901. The van der Waals surface area contributed by atoms with Crippen molar-refractivity contribution in [3.8, 4) is 0 Å². The number of aliphatic hydroxyl groups excluding tert-OH is 1. The second-order valence-electron chi connectivity index (χ2n) is 4.01. The number of rotatable bonds is 6. The van der Waals surface area contributed by atoms with Crippen molar-refractivity contribution in [1.82, 2.24) is 0 Å². The van der Waals surface area contributed by atoms with Crippen molar-refractivity contribution < 1.29 is 14.7 Å². The third kappa shape index (κ3) is 3.75. The molecule has 1 aromatic rings. The van der Waals surface area contributed by atoms with Crippen LogP contribution in [0.25, 0.3) is 0 Å².